The highest BCUT2D eigenvalue weighted by Gasteiger charge is 2.13. The molecule has 0 saturated heterocycles. The second-order valence-corrected chi connectivity index (χ2v) is 5.20. The first-order valence-corrected chi connectivity index (χ1v) is 6.16. The van der Waals surface area contributed by atoms with Crippen molar-refractivity contribution in [3.8, 4) is 10.6 Å². The number of hydrogen-bond acceptors (Lipinski definition) is 4. The molecule has 0 aliphatic heterocycles. The van der Waals surface area contributed by atoms with E-state index in [0.29, 0.717) is 8.96 Å². The number of nitrogens with zero attached hydrogens (tertiary/aromatic N) is 1. The van der Waals surface area contributed by atoms with Gasteiger partial charge in [0.1, 0.15) is 16.6 Å². The van der Waals surface area contributed by atoms with Crippen molar-refractivity contribution in [1.82, 2.24) is 4.98 Å². The van der Waals surface area contributed by atoms with Gasteiger partial charge in [0.05, 0.1) is 5.56 Å². The molecule has 0 N–H and O–H groups in total. The van der Waals surface area contributed by atoms with Crippen LogP contribution in [-0.2, 0) is 0 Å². The average Bonchev–Trinajstić information content (AvgIpc) is 2.51. The third kappa shape index (κ3) is 1.73. The van der Waals surface area contributed by atoms with Gasteiger partial charge in [-0.1, -0.05) is 16.4 Å². The van der Waals surface area contributed by atoms with Crippen molar-refractivity contribution in [3.63, 3.8) is 0 Å². The summed E-state index contributed by atoms with van der Waals surface area (Å²) in [5.41, 5.74) is -0.0927. The largest absolute Gasteiger partial charge is 0.213 e. The lowest BCUT2D eigenvalue weighted by molar-refractivity contribution is 0.589. The van der Waals surface area contributed by atoms with E-state index in [9.17, 15) is 8.78 Å². The van der Waals surface area contributed by atoms with E-state index in [1.54, 1.807) is 0 Å². The van der Waals surface area contributed by atoms with Gasteiger partial charge in [-0.25, -0.2) is 13.8 Å². The monoisotopic (exact) mass is 247 g/mol. The lowest BCUT2D eigenvalue weighted by Gasteiger charge is -1.98. The summed E-state index contributed by atoms with van der Waals surface area (Å²) in [6.07, 6.45) is 0. The third-order valence-electron chi connectivity index (χ3n) is 1.56. The van der Waals surface area contributed by atoms with Gasteiger partial charge in [0.15, 0.2) is 3.95 Å². The quantitative estimate of drug-likeness (QED) is 0.560. The van der Waals surface area contributed by atoms with Crippen molar-refractivity contribution in [3.05, 3.63) is 33.8 Å². The molecule has 2 aromatic rings. The summed E-state index contributed by atoms with van der Waals surface area (Å²) < 4.78 is 26.9. The van der Waals surface area contributed by atoms with Gasteiger partial charge in [0, 0.05) is 0 Å². The van der Waals surface area contributed by atoms with E-state index in [0.717, 1.165) is 0 Å². The van der Waals surface area contributed by atoms with E-state index in [1.807, 2.05) is 0 Å². The van der Waals surface area contributed by atoms with Gasteiger partial charge in [0.25, 0.3) is 0 Å². The average molecular weight is 247 g/mol. The molecule has 0 unspecified atom stereocenters. The van der Waals surface area contributed by atoms with Crippen LogP contribution >= 0.6 is 32.9 Å². The van der Waals surface area contributed by atoms with Crippen molar-refractivity contribution < 1.29 is 8.78 Å². The fraction of sp³-hybridized carbons (Fsp3) is 0. The number of aromatic nitrogens is 1. The number of rotatable bonds is 1. The Balaban J connectivity index is 2.67. The Kier molecular flexibility index (Phi) is 2.66. The Morgan fingerprint density at radius 2 is 1.79 bits per heavy atom. The lowest BCUT2D eigenvalue weighted by atomic mass is 10.2. The van der Waals surface area contributed by atoms with Gasteiger partial charge >= 0.3 is 0 Å². The molecule has 6 heteroatoms. The van der Waals surface area contributed by atoms with Crippen LogP contribution in [0.3, 0.4) is 0 Å². The normalized spacial score (nSPS) is 10.4. The molecule has 72 valence electrons. The Labute approximate surface area is 91.1 Å². The molecule has 0 atom stereocenters. The molecule has 0 bridgehead atoms. The molecular formula is C8H3F2NS3. The Bertz CT molecular complexity index is 497. The molecule has 0 amide bonds. The van der Waals surface area contributed by atoms with Crippen molar-refractivity contribution >= 4 is 32.9 Å². The smallest absolute Gasteiger partial charge is 0.191 e. The van der Waals surface area contributed by atoms with Gasteiger partial charge in [-0.2, -0.15) is 0 Å². The van der Waals surface area contributed by atoms with Gasteiger partial charge < -0.3 is 0 Å². The predicted molar refractivity (Wildman–Crippen MR) is 56.2 cm³/mol. The van der Waals surface area contributed by atoms with Gasteiger partial charge in [-0.15, -0.1) is 0 Å². The van der Waals surface area contributed by atoms with Crippen LogP contribution in [0.15, 0.2) is 18.2 Å². The van der Waals surface area contributed by atoms with E-state index < -0.39 is 11.6 Å². The SMILES string of the molecule is Fc1cccc(F)c1-c1nc(=S)ss1. The Morgan fingerprint density at radius 3 is 2.29 bits per heavy atom. The van der Waals surface area contributed by atoms with Crippen molar-refractivity contribution in [1.29, 1.82) is 0 Å². The first-order chi connectivity index (χ1) is 6.68. The van der Waals surface area contributed by atoms with Gasteiger partial charge in [-0.3, -0.25) is 0 Å². The summed E-state index contributed by atoms with van der Waals surface area (Å²) in [5.74, 6) is -1.22. The molecule has 0 radical (unpaired) electrons. The highest BCUT2D eigenvalue weighted by molar-refractivity contribution is 7.79. The zero-order valence-corrected chi connectivity index (χ0v) is 9.11. The van der Waals surface area contributed by atoms with Crippen LogP contribution < -0.4 is 0 Å². The van der Waals surface area contributed by atoms with E-state index in [1.165, 1.54) is 38.9 Å². The molecular weight excluding hydrogens is 244 g/mol. The number of hydrogen-bond donors (Lipinski definition) is 0. The maximum atomic E-state index is 13.2. The zero-order valence-electron chi connectivity index (χ0n) is 6.66. The molecule has 14 heavy (non-hydrogen) atoms. The highest BCUT2D eigenvalue weighted by atomic mass is 32.9. The van der Waals surface area contributed by atoms with Crippen LogP contribution in [-0.4, -0.2) is 4.98 Å². The summed E-state index contributed by atoms with van der Waals surface area (Å²) in [5, 5.41) is 0.301. The molecule has 1 aromatic heterocycles. The summed E-state index contributed by atoms with van der Waals surface area (Å²) in [6.45, 7) is 0. The predicted octanol–water partition coefficient (Wildman–Crippen LogP) is 3.88. The fourth-order valence-corrected chi connectivity index (χ4v) is 3.12. The van der Waals surface area contributed by atoms with Crippen LogP contribution in [0.4, 0.5) is 8.78 Å². The Morgan fingerprint density at radius 1 is 1.14 bits per heavy atom. The van der Waals surface area contributed by atoms with Crippen LogP contribution in [0.5, 0.6) is 0 Å². The van der Waals surface area contributed by atoms with Crippen molar-refractivity contribution in [2.24, 2.45) is 0 Å². The topological polar surface area (TPSA) is 12.9 Å². The van der Waals surface area contributed by atoms with Gasteiger partial charge in [-0.05, 0) is 34.7 Å². The van der Waals surface area contributed by atoms with E-state index in [4.69, 9.17) is 12.2 Å². The van der Waals surface area contributed by atoms with Crippen LogP contribution in [0, 0.1) is 15.6 Å². The summed E-state index contributed by atoms with van der Waals surface area (Å²) in [7, 11) is 2.41. The van der Waals surface area contributed by atoms with Crippen LogP contribution in [0.25, 0.3) is 10.6 Å². The zero-order chi connectivity index (χ0) is 10.1. The standard InChI is InChI=1S/C8H3F2NS3/c9-4-2-1-3-5(10)6(4)7-11-8(12)14-13-7/h1-3H. The molecule has 0 fully saturated rings. The van der Waals surface area contributed by atoms with Crippen LogP contribution in [0.2, 0.25) is 0 Å². The number of halogens is 2. The Hall–Kier alpha value is -0.720. The van der Waals surface area contributed by atoms with Crippen molar-refractivity contribution in [2.45, 2.75) is 0 Å². The number of benzene rings is 1. The first kappa shape index (κ1) is 9.82. The molecule has 0 saturated carbocycles. The second kappa shape index (κ2) is 3.80. The van der Waals surface area contributed by atoms with E-state index >= 15 is 0 Å². The minimum Gasteiger partial charge on any atom is -0.213 e. The molecule has 1 aromatic carbocycles. The van der Waals surface area contributed by atoms with Crippen LogP contribution in [0.1, 0.15) is 0 Å². The minimum atomic E-state index is -0.610. The summed E-state index contributed by atoms with van der Waals surface area (Å²) in [6, 6.07) is 3.72. The molecule has 2 rings (SSSR count). The molecule has 1 heterocycles. The van der Waals surface area contributed by atoms with E-state index in [2.05, 4.69) is 4.98 Å². The molecule has 1 nitrogen and oxygen atoms in total. The van der Waals surface area contributed by atoms with E-state index in [-0.39, 0.29) is 5.56 Å². The second-order valence-electron chi connectivity index (χ2n) is 2.45. The van der Waals surface area contributed by atoms with Crippen molar-refractivity contribution in [2.75, 3.05) is 0 Å². The molecule has 0 spiro atoms. The summed E-state index contributed by atoms with van der Waals surface area (Å²) >= 11 is 4.79. The minimum absolute atomic E-state index is 0.0927. The summed E-state index contributed by atoms with van der Waals surface area (Å²) in [4.78, 5) is 3.87. The molecule has 0 aliphatic carbocycles. The third-order valence-corrected chi connectivity index (χ3v) is 4.19. The highest BCUT2D eigenvalue weighted by Crippen LogP contribution is 2.30. The molecule has 0 aliphatic rings. The first-order valence-electron chi connectivity index (χ1n) is 3.60. The maximum Gasteiger partial charge on any atom is 0.191 e. The lowest BCUT2D eigenvalue weighted by Crippen LogP contribution is -1.88. The maximum absolute atomic E-state index is 13.2. The van der Waals surface area contributed by atoms with Gasteiger partial charge in [0.2, 0.25) is 0 Å². The fourth-order valence-electron chi connectivity index (χ4n) is 0.995.